The lowest BCUT2D eigenvalue weighted by molar-refractivity contribution is 0.383. The summed E-state index contributed by atoms with van der Waals surface area (Å²) in [6, 6.07) is 0.568. The third-order valence-electron chi connectivity index (χ3n) is 5.49. The minimum Gasteiger partial charge on any atom is -0.443 e. The van der Waals surface area contributed by atoms with Crippen molar-refractivity contribution in [2.75, 3.05) is 19.3 Å². The minimum atomic E-state index is -0.0487. The largest absolute Gasteiger partial charge is 0.443 e. The maximum Gasteiger partial charge on any atom is 0.216 e. The van der Waals surface area contributed by atoms with Crippen LogP contribution in [-0.2, 0) is 18.4 Å². The van der Waals surface area contributed by atoms with E-state index in [0.717, 1.165) is 48.6 Å². The Kier molecular flexibility index (Phi) is 10.8. The van der Waals surface area contributed by atoms with Gasteiger partial charge in [0.25, 0.3) is 0 Å². The topological polar surface area (TPSA) is 93.2 Å². The SMILES string of the molecule is CCNC(=NCc1ncc(C(C)(C)C)o1)NCCCc1nnc(SC)n1C1CCCC1.I. The third-order valence-corrected chi connectivity index (χ3v) is 6.13. The van der Waals surface area contributed by atoms with Gasteiger partial charge in [-0.2, -0.15) is 0 Å². The fourth-order valence-corrected chi connectivity index (χ4v) is 4.39. The second kappa shape index (κ2) is 12.8. The van der Waals surface area contributed by atoms with Crippen molar-refractivity contribution in [3.63, 3.8) is 0 Å². The molecule has 0 spiro atoms. The molecule has 10 heteroatoms. The van der Waals surface area contributed by atoms with Crippen LogP contribution >= 0.6 is 35.7 Å². The summed E-state index contributed by atoms with van der Waals surface area (Å²) in [5.74, 6) is 3.40. The molecule has 0 aromatic carbocycles. The summed E-state index contributed by atoms with van der Waals surface area (Å²) in [7, 11) is 0. The molecule has 0 unspecified atom stereocenters. The van der Waals surface area contributed by atoms with E-state index in [1.807, 2.05) is 0 Å². The molecule has 1 aliphatic rings. The summed E-state index contributed by atoms with van der Waals surface area (Å²) >= 11 is 1.69. The van der Waals surface area contributed by atoms with E-state index < -0.39 is 0 Å². The fourth-order valence-electron chi connectivity index (χ4n) is 3.82. The predicted molar refractivity (Wildman–Crippen MR) is 141 cm³/mol. The van der Waals surface area contributed by atoms with Crippen LogP contribution in [0.2, 0.25) is 0 Å². The lowest BCUT2D eigenvalue weighted by atomic mass is 9.94. The van der Waals surface area contributed by atoms with E-state index in [1.165, 1.54) is 25.7 Å². The lowest BCUT2D eigenvalue weighted by Crippen LogP contribution is -2.38. The van der Waals surface area contributed by atoms with Crippen LogP contribution in [0.5, 0.6) is 0 Å². The van der Waals surface area contributed by atoms with E-state index in [1.54, 1.807) is 18.0 Å². The number of oxazole rings is 1. The molecule has 0 bridgehead atoms. The number of nitrogens with zero attached hydrogens (tertiary/aromatic N) is 5. The van der Waals surface area contributed by atoms with Crippen LogP contribution in [0, 0.1) is 0 Å². The second-order valence-electron chi connectivity index (χ2n) is 9.00. The standard InChI is InChI=1S/C22H37N7OS.HI/c1-6-23-20(26-15-19-25-14-17(30-19)22(2,3)4)24-13-9-12-18-27-28-21(31-5)29(18)16-10-7-8-11-16;/h14,16H,6-13,15H2,1-5H3,(H2,23,24,26);1H. The van der Waals surface area contributed by atoms with Gasteiger partial charge in [0.2, 0.25) is 5.89 Å². The molecule has 1 saturated carbocycles. The van der Waals surface area contributed by atoms with Crippen LogP contribution in [0.1, 0.15) is 83.3 Å². The smallest absolute Gasteiger partial charge is 0.216 e. The van der Waals surface area contributed by atoms with Gasteiger partial charge in [0.15, 0.2) is 11.1 Å². The number of hydrogen-bond donors (Lipinski definition) is 2. The van der Waals surface area contributed by atoms with Crippen LogP contribution in [0.3, 0.4) is 0 Å². The van der Waals surface area contributed by atoms with Crippen molar-refractivity contribution < 1.29 is 4.42 Å². The summed E-state index contributed by atoms with van der Waals surface area (Å²) in [4.78, 5) is 8.98. The molecule has 2 aromatic rings. The molecule has 2 heterocycles. The second-order valence-corrected chi connectivity index (χ2v) is 9.78. The molecule has 1 aliphatic carbocycles. The highest BCUT2D eigenvalue weighted by molar-refractivity contribution is 14.0. The summed E-state index contributed by atoms with van der Waals surface area (Å²) in [5.41, 5.74) is -0.0487. The van der Waals surface area contributed by atoms with E-state index in [2.05, 4.69) is 69.3 Å². The molecule has 3 rings (SSSR count). The van der Waals surface area contributed by atoms with Gasteiger partial charge >= 0.3 is 0 Å². The van der Waals surface area contributed by atoms with Gasteiger partial charge in [0.1, 0.15) is 18.1 Å². The Morgan fingerprint density at radius 1 is 1.25 bits per heavy atom. The first-order chi connectivity index (χ1) is 14.9. The molecule has 180 valence electrons. The molecule has 8 nitrogen and oxygen atoms in total. The zero-order chi connectivity index (χ0) is 22.3. The Morgan fingerprint density at radius 3 is 2.62 bits per heavy atom. The van der Waals surface area contributed by atoms with Crippen LogP contribution in [0.4, 0.5) is 0 Å². The summed E-state index contributed by atoms with van der Waals surface area (Å²) < 4.78 is 8.22. The van der Waals surface area contributed by atoms with E-state index in [4.69, 9.17) is 4.42 Å². The molecular formula is C22H38IN7OS. The third kappa shape index (κ3) is 7.36. The Labute approximate surface area is 213 Å². The van der Waals surface area contributed by atoms with Gasteiger partial charge in [-0.15, -0.1) is 34.2 Å². The number of nitrogens with one attached hydrogen (secondary N) is 2. The van der Waals surface area contributed by atoms with Gasteiger partial charge in [-0.25, -0.2) is 9.98 Å². The molecule has 0 radical (unpaired) electrons. The molecule has 0 atom stereocenters. The van der Waals surface area contributed by atoms with Crippen molar-refractivity contribution in [1.82, 2.24) is 30.4 Å². The number of aromatic nitrogens is 4. The summed E-state index contributed by atoms with van der Waals surface area (Å²) in [6.45, 7) is 10.4. The molecule has 2 aromatic heterocycles. The van der Waals surface area contributed by atoms with Crippen LogP contribution in [0.15, 0.2) is 20.8 Å². The number of thioether (sulfide) groups is 1. The first kappa shape index (κ1) is 26.9. The van der Waals surface area contributed by atoms with Crippen molar-refractivity contribution in [3.05, 3.63) is 23.7 Å². The molecule has 1 fully saturated rings. The van der Waals surface area contributed by atoms with E-state index in [-0.39, 0.29) is 29.4 Å². The average Bonchev–Trinajstić information content (AvgIpc) is 3.48. The number of hydrogen-bond acceptors (Lipinski definition) is 6. The first-order valence-corrected chi connectivity index (χ1v) is 12.6. The molecule has 0 saturated heterocycles. The number of halogens is 1. The van der Waals surface area contributed by atoms with E-state index in [9.17, 15) is 0 Å². The first-order valence-electron chi connectivity index (χ1n) is 11.4. The number of guanidine groups is 1. The summed E-state index contributed by atoms with van der Waals surface area (Å²) in [5, 5.41) is 16.6. The quantitative estimate of drug-likeness (QED) is 0.147. The van der Waals surface area contributed by atoms with Crippen LogP contribution in [0.25, 0.3) is 0 Å². The highest BCUT2D eigenvalue weighted by Gasteiger charge is 2.23. The van der Waals surface area contributed by atoms with Crippen molar-refractivity contribution in [2.24, 2.45) is 4.99 Å². The highest BCUT2D eigenvalue weighted by Crippen LogP contribution is 2.33. The van der Waals surface area contributed by atoms with Gasteiger partial charge in [-0.1, -0.05) is 45.4 Å². The van der Waals surface area contributed by atoms with Gasteiger partial charge in [0, 0.05) is 31.0 Å². The summed E-state index contributed by atoms with van der Waals surface area (Å²) in [6.07, 6.45) is 10.9. The predicted octanol–water partition coefficient (Wildman–Crippen LogP) is 4.71. The number of aryl methyl sites for hydroxylation is 1. The van der Waals surface area contributed by atoms with Gasteiger partial charge in [-0.05, 0) is 32.4 Å². The zero-order valence-electron chi connectivity index (χ0n) is 20.0. The van der Waals surface area contributed by atoms with Crippen molar-refractivity contribution >= 4 is 41.7 Å². The monoisotopic (exact) mass is 575 g/mol. The van der Waals surface area contributed by atoms with Crippen molar-refractivity contribution in [1.29, 1.82) is 0 Å². The lowest BCUT2D eigenvalue weighted by Gasteiger charge is -2.16. The van der Waals surface area contributed by atoms with Crippen molar-refractivity contribution in [3.8, 4) is 0 Å². The van der Waals surface area contributed by atoms with Crippen LogP contribution in [-0.4, -0.2) is 45.1 Å². The van der Waals surface area contributed by atoms with Gasteiger partial charge in [-0.3, -0.25) is 0 Å². The Hall–Kier alpha value is -1.30. The van der Waals surface area contributed by atoms with Crippen LogP contribution < -0.4 is 10.6 Å². The molecule has 0 amide bonds. The number of aliphatic imine (C=N–C) groups is 1. The molecule has 2 N–H and O–H groups in total. The highest BCUT2D eigenvalue weighted by atomic mass is 127. The Balaban J connectivity index is 0.00000363. The van der Waals surface area contributed by atoms with Gasteiger partial charge in [0.05, 0.1) is 6.20 Å². The Morgan fingerprint density at radius 2 is 2.00 bits per heavy atom. The molecule has 32 heavy (non-hydrogen) atoms. The number of rotatable bonds is 9. The fraction of sp³-hybridized carbons (Fsp3) is 0.727. The Bertz CT molecular complexity index is 853. The normalized spacial score (nSPS) is 15.1. The van der Waals surface area contributed by atoms with E-state index >= 15 is 0 Å². The zero-order valence-corrected chi connectivity index (χ0v) is 23.1. The minimum absolute atomic E-state index is 0. The average molecular weight is 576 g/mol. The van der Waals surface area contributed by atoms with Crippen molar-refractivity contribution in [2.45, 2.75) is 89.4 Å². The molecular weight excluding hydrogens is 537 g/mol. The molecule has 0 aliphatic heterocycles. The maximum atomic E-state index is 5.84. The maximum absolute atomic E-state index is 5.84. The van der Waals surface area contributed by atoms with Gasteiger partial charge < -0.3 is 19.6 Å². The van der Waals surface area contributed by atoms with E-state index in [0.29, 0.717) is 18.5 Å².